The van der Waals surface area contributed by atoms with E-state index in [1.54, 1.807) is 14.1 Å². The van der Waals surface area contributed by atoms with Crippen molar-refractivity contribution in [3.05, 3.63) is 75.6 Å². The summed E-state index contributed by atoms with van der Waals surface area (Å²) in [5.41, 5.74) is 2.23. The zero-order valence-corrected chi connectivity index (χ0v) is 27.8. The van der Waals surface area contributed by atoms with Gasteiger partial charge in [0.05, 0.1) is 35.9 Å². The number of carbonyl (C=O) groups excluding carboxylic acids is 1. The number of rotatable bonds is 10. The van der Waals surface area contributed by atoms with Crippen LogP contribution in [0.15, 0.2) is 52.7 Å². The van der Waals surface area contributed by atoms with Crippen molar-refractivity contribution in [2.24, 2.45) is 11.1 Å². The smallest absolute Gasteiger partial charge is 0.341 e. The minimum absolute atomic E-state index is 0.0121. The number of carbonyl (C=O) groups is 2. The first-order valence-electron chi connectivity index (χ1n) is 16.9. The number of hydrogen-bond acceptors (Lipinski definition) is 10. The number of amides is 1. The molecule has 0 radical (unpaired) electrons. The van der Waals surface area contributed by atoms with Gasteiger partial charge in [0.1, 0.15) is 18.4 Å². The van der Waals surface area contributed by atoms with Crippen LogP contribution in [0.2, 0.25) is 0 Å². The molecule has 3 fully saturated rings. The summed E-state index contributed by atoms with van der Waals surface area (Å²) in [6.45, 7) is 3.43. The van der Waals surface area contributed by atoms with Crippen LogP contribution < -0.4 is 20.0 Å². The van der Waals surface area contributed by atoms with Crippen LogP contribution in [0, 0.1) is 11.7 Å². The van der Waals surface area contributed by atoms with Crippen LogP contribution in [-0.4, -0.2) is 93.6 Å². The van der Waals surface area contributed by atoms with Gasteiger partial charge in [-0.05, 0) is 50.3 Å². The molecule has 2 aromatic heterocycles. The Hall–Kier alpha value is -5.31. The molecule has 260 valence electrons. The predicted octanol–water partition coefficient (Wildman–Crippen LogP) is 3.27. The minimum Gasteiger partial charge on any atom is -0.492 e. The molecule has 1 aliphatic carbocycles. The summed E-state index contributed by atoms with van der Waals surface area (Å²) >= 11 is 0. The monoisotopic (exact) mass is 684 g/mol. The van der Waals surface area contributed by atoms with Crippen molar-refractivity contribution in [3.63, 3.8) is 0 Å². The molecule has 2 atom stereocenters. The molecule has 0 unspecified atom stereocenters. The zero-order chi connectivity index (χ0) is 34.7. The maximum absolute atomic E-state index is 16.1. The molecule has 8 rings (SSSR count). The average Bonchev–Trinajstić information content (AvgIpc) is 3.60. The van der Waals surface area contributed by atoms with E-state index in [9.17, 15) is 19.5 Å². The summed E-state index contributed by atoms with van der Waals surface area (Å²) in [5.74, 6) is -1.63. The second-order valence-electron chi connectivity index (χ2n) is 13.4. The van der Waals surface area contributed by atoms with Gasteiger partial charge in [0.15, 0.2) is 17.3 Å². The van der Waals surface area contributed by atoms with Gasteiger partial charge in [0.2, 0.25) is 5.43 Å². The number of aromatic nitrogens is 4. The molecule has 0 spiro atoms. The number of benzene rings is 2. The number of anilines is 2. The summed E-state index contributed by atoms with van der Waals surface area (Å²) in [6, 6.07) is 8.82. The Morgan fingerprint density at radius 3 is 2.68 bits per heavy atom. The van der Waals surface area contributed by atoms with Crippen LogP contribution >= 0.6 is 0 Å². The van der Waals surface area contributed by atoms with Crippen molar-refractivity contribution >= 4 is 39.9 Å². The summed E-state index contributed by atoms with van der Waals surface area (Å²) < 4.78 is 25.4. The molecule has 15 heteroatoms. The van der Waals surface area contributed by atoms with E-state index in [-0.39, 0.29) is 46.3 Å². The van der Waals surface area contributed by atoms with Gasteiger partial charge in [-0.2, -0.15) is 0 Å². The van der Waals surface area contributed by atoms with Crippen molar-refractivity contribution in [2.45, 2.75) is 50.9 Å². The molecule has 50 heavy (non-hydrogen) atoms. The highest BCUT2D eigenvalue weighted by Gasteiger charge is 2.42. The van der Waals surface area contributed by atoms with Gasteiger partial charge < -0.3 is 29.0 Å². The predicted molar refractivity (Wildman–Crippen MR) is 181 cm³/mol. The zero-order valence-electron chi connectivity index (χ0n) is 27.8. The van der Waals surface area contributed by atoms with Crippen LogP contribution in [0.1, 0.15) is 53.3 Å². The Bertz CT molecular complexity index is 2110. The highest BCUT2D eigenvalue weighted by atomic mass is 19.1. The van der Waals surface area contributed by atoms with E-state index in [1.165, 1.54) is 26.5 Å². The van der Waals surface area contributed by atoms with Crippen LogP contribution in [0.3, 0.4) is 0 Å². The van der Waals surface area contributed by atoms with E-state index in [0.717, 1.165) is 49.2 Å². The number of aromatic carboxylic acids is 1. The van der Waals surface area contributed by atoms with Gasteiger partial charge in [-0.15, -0.1) is 5.10 Å². The number of piperidine rings is 1. The lowest BCUT2D eigenvalue weighted by atomic mass is 9.92. The number of ether oxygens (including phenoxy) is 1. The Kier molecular flexibility index (Phi) is 8.01. The fourth-order valence-corrected chi connectivity index (χ4v) is 7.97. The number of oxime groups is 1. The number of methoxy groups -OCH3 is 1. The molecule has 0 bridgehead atoms. The summed E-state index contributed by atoms with van der Waals surface area (Å²) in [6.07, 6.45) is 6.95. The second-order valence-corrected chi connectivity index (χ2v) is 13.4. The molecule has 5 heterocycles. The van der Waals surface area contributed by atoms with Crippen molar-refractivity contribution in [1.29, 1.82) is 0 Å². The number of fused-ring (bicyclic) bond motifs is 3. The third kappa shape index (κ3) is 5.36. The molecule has 4 aromatic rings. The third-order valence-electron chi connectivity index (χ3n) is 10.4. The first kappa shape index (κ1) is 31.9. The Morgan fingerprint density at radius 1 is 1.10 bits per heavy atom. The van der Waals surface area contributed by atoms with Crippen LogP contribution in [0.25, 0.3) is 10.9 Å². The van der Waals surface area contributed by atoms with Gasteiger partial charge in [-0.1, -0.05) is 28.6 Å². The van der Waals surface area contributed by atoms with Crippen molar-refractivity contribution in [1.82, 2.24) is 24.5 Å². The molecule has 1 amide bonds. The van der Waals surface area contributed by atoms with Gasteiger partial charge in [0.25, 0.3) is 5.91 Å². The number of carboxylic acid groups (broad SMARTS) is 1. The maximum atomic E-state index is 16.1. The number of nitrogens with zero attached hydrogens (tertiary/aromatic N) is 8. The number of hydrogen-bond donors (Lipinski definition) is 1. The van der Waals surface area contributed by atoms with E-state index in [0.29, 0.717) is 43.9 Å². The lowest BCUT2D eigenvalue weighted by Crippen LogP contribution is -2.44. The quantitative estimate of drug-likeness (QED) is 0.247. The van der Waals surface area contributed by atoms with E-state index in [2.05, 4.69) is 20.4 Å². The summed E-state index contributed by atoms with van der Waals surface area (Å²) in [4.78, 5) is 49.1. The molecule has 14 nitrogen and oxygen atoms in total. The molecule has 4 aliphatic rings. The maximum Gasteiger partial charge on any atom is 0.341 e. The molecule has 1 N–H and O–H groups in total. The molecule has 3 aliphatic heterocycles. The van der Waals surface area contributed by atoms with Gasteiger partial charge >= 0.3 is 5.97 Å². The lowest BCUT2D eigenvalue weighted by molar-refractivity contribution is -0.112. The SMILES string of the molecule is CO/N=C1/C(=O)N(CCn2cc(CN3CCC[C@H]4CN(c5c(F)cc6c(=O)c(C(=O)O)cn(C7CC7)c6c5OC)C[C@H]43)nn2)c2ccccc21. The third-order valence-corrected chi connectivity index (χ3v) is 10.4. The van der Waals surface area contributed by atoms with E-state index in [1.807, 2.05) is 35.4 Å². The van der Waals surface area contributed by atoms with E-state index >= 15 is 4.39 Å². The van der Waals surface area contributed by atoms with Gasteiger partial charge in [-0.3, -0.25) is 19.2 Å². The fraction of sp³-hybridized carbons (Fsp3) is 0.429. The second kappa shape index (κ2) is 12.5. The van der Waals surface area contributed by atoms with Crippen LogP contribution in [0.4, 0.5) is 15.8 Å². The Labute approximate surface area is 286 Å². The Balaban J connectivity index is 1.01. The number of halogens is 1. The molecular formula is C35H37FN8O6. The normalized spacial score (nSPS) is 21.3. The summed E-state index contributed by atoms with van der Waals surface area (Å²) in [7, 11) is 2.88. The van der Waals surface area contributed by atoms with Crippen molar-refractivity contribution in [3.8, 4) is 5.75 Å². The first-order chi connectivity index (χ1) is 24.3. The van der Waals surface area contributed by atoms with E-state index < -0.39 is 17.2 Å². The number of para-hydroxylation sites is 1. The topological polar surface area (TPSA) is 148 Å². The number of pyridine rings is 1. The molecular weight excluding hydrogens is 647 g/mol. The highest BCUT2D eigenvalue weighted by Crippen LogP contribution is 2.45. The largest absolute Gasteiger partial charge is 0.492 e. The van der Waals surface area contributed by atoms with Crippen LogP contribution in [0.5, 0.6) is 5.75 Å². The Morgan fingerprint density at radius 2 is 1.92 bits per heavy atom. The average molecular weight is 685 g/mol. The standard InChI is InChI=1S/C35H37FN8O6/c1-49-33-30-24(32(45)25(35(47)48)18-44(30)22-9-10-22)14-26(36)31(33)41-15-20-6-5-11-40(28(20)19-41)16-21-17-42(39-37-21)12-13-43-27-8-4-3-7-23(27)29(34(43)46)38-50-2/h3-4,7-8,14,17-18,20,22,28H,5-6,9-13,15-16,19H2,1-2H3,(H,47,48)/b38-29+/t20-,28+/m0/s1. The lowest BCUT2D eigenvalue weighted by Gasteiger charge is -2.36. The molecule has 2 saturated heterocycles. The van der Waals surface area contributed by atoms with Crippen molar-refractivity contribution < 1.29 is 28.7 Å². The molecule has 1 saturated carbocycles. The highest BCUT2D eigenvalue weighted by molar-refractivity contribution is 6.54. The fourth-order valence-electron chi connectivity index (χ4n) is 7.97. The summed E-state index contributed by atoms with van der Waals surface area (Å²) in [5, 5.41) is 22.4. The van der Waals surface area contributed by atoms with E-state index in [4.69, 9.17) is 9.57 Å². The molecule has 2 aromatic carbocycles. The minimum atomic E-state index is -1.34. The van der Waals surface area contributed by atoms with Gasteiger partial charge in [-0.25, -0.2) is 9.18 Å². The van der Waals surface area contributed by atoms with Crippen LogP contribution in [-0.2, 0) is 22.7 Å². The number of likely N-dealkylation sites (tertiary alicyclic amines) is 1. The van der Waals surface area contributed by atoms with Gasteiger partial charge in [0, 0.05) is 56.2 Å². The number of carboxylic acids is 1. The van der Waals surface area contributed by atoms with Crippen molar-refractivity contribution in [2.75, 3.05) is 50.2 Å². The first-order valence-corrected chi connectivity index (χ1v) is 16.9.